The Bertz CT molecular complexity index is 1050. The van der Waals surface area contributed by atoms with Gasteiger partial charge in [-0.3, -0.25) is 4.79 Å². The molecule has 4 rings (SSSR count). The first kappa shape index (κ1) is 17.9. The van der Waals surface area contributed by atoms with Crippen molar-refractivity contribution in [2.75, 3.05) is 6.54 Å². The van der Waals surface area contributed by atoms with Crippen LogP contribution in [-0.4, -0.2) is 22.3 Å². The predicted molar refractivity (Wildman–Crippen MR) is 111 cm³/mol. The lowest BCUT2D eigenvalue weighted by molar-refractivity contribution is -0.127. The number of para-hydroxylation sites is 1. The number of carbonyl (C=O) groups is 1. The van der Waals surface area contributed by atoms with E-state index in [1.807, 2.05) is 42.2 Å². The van der Waals surface area contributed by atoms with Crippen LogP contribution in [0.2, 0.25) is 5.02 Å². The Balaban J connectivity index is 1.70. The van der Waals surface area contributed by atoms with Gasteiger partial charge in [0.1, 0.15) is 0 Å². The minimum absolute atomic E-state index is 0.0130. The fourth-order valence-electron chi connectivity index (χ4n) is 4.09. The van der Waals surface area contributed by atoms with Crippen molar-refractivity contribution in [2.45, 2.75) is 33.2 Å². The van der Waals surface area contributed by atoms with E-state index >= 15 is 0 Å². The molecular formula is C23H23ClN2O. The summed E-state index contributed by atoms with van der Waals surface area (Å²) in [5.41, 5.74) is 6.64. The van der Waals surface area contributed by atoms with E-state index in [0.717, 1.165) is 33.8 Å². The first-order valence-corrected chi connectivity index (χ1v) is 9.65. The van der Waals surface area contributed by atoms with Crippen LogP contribution in [0.25, 0.3) is 10.9 Å². The number of aryl methyl sites for hydroxylation is 1. The topological polar surface area (TPSA) is 36.1 Å². The fraction of sp³-hybridized carbons (Fsp3) is 0.261. The Kier molecular flexibility index (Phi) is 4.56. The summed E-state index contributed by atoms with van der Waals surface area (Å²) in [5, 5.41) is 1.93. The molecule has 0 radical (unpaired) electrons. The van der Waals surface area contributed by atoms with Crippen molar-refractivity contribution in [1.82, 2.24) is 9.88 Å². The normalized spacial score (nSPS) is 17.4. The summed E-state index contributed by atoms with van der Waals surface area (Å²) in [5.74, 6) is 0.135. The molecule has 0 saturated carbocycles. The Morgan fingerprint density at radius 2 is 1.74 bits per heavy atom. The Morgan fingerprint density at radius 1 is 1.04 bits per heavy atom. The second kappa shape index (κ2) is 6.90. The minimum Gasteiger partial charge on any atom is -0.358 e. The number of carbonyl (C=O) groups excluding carboxylic acids is 1. The third-order valence-corrected chi connectivity index (χ3v) is 5.92. The molecule has 1 aliphatic rings. The summed E-state index contributed by atoms with van der Waals surface area (Å²) in [6.07, 6.45) is 0.807. The lowest BCUT2D eigenvalue weighted by Gasteiger charge is -2.27. The van der Waals surface area contributed by atoms with Gasteiger partial charge in [0, 0.05) is 39.3 Å². The maximum Gasteiger partial charge on any atom is 0.250 e. The van der Waals surface area contributed by atoms with E-state index in [9.17, 15) is 4.79 Å². The van der Waals surface area contributed by atoms with Crippen molar-refractivity contribution in [2.24, 2.45) is 0 Å². The van der Waals surface area contributed by atoms with Crippen molar-refractivity contribution in [3.05, 3.63) is 81.5 Å². The predicted octanol–water partition coefficient (Wildman–Crippen LogP) is 5.59. The maximum absolute atomic E-state index is 13.0. The number of amides is 1. The van der Waals surface area contributed by atoms with Gasteiger partial charge in [-0.25, -0.2) is 0 Å². The van der Waals surface area contributed by atoms with Crippen LogP contribution in [0.3, 0.4) is 0 Å². The monoisotopic (exact) mass is 378 g/mol. The molecule has 0 bridgehead atoms. The van der Waals surface area contributed by atoms with Crippen LogP contribution in [0, 0.1) is 6.92 Å². The van der Waals surface area contributed by atoms with E-state index in [1.54, 1.807) is 0 Å². The highest BCUT2D eigenvalue weighted by Gasteiger charge is 2.37. The number of H-pyrrole nitrogens is 1. The molecule has 1 unspecified atom stereocenters. The van der Waals surface area contributed by atoms with Gasteiger partial charge in [0.05, 0.1) is 6.04 Å². The highest BCUT2D eigenvalue weighted by Crippen LogP contribution is 2.41. The van der Waals surface area contributed by atoms with Crippen LogP contribution in [0.1, 0.15) is 36.7 Å². The molecule has 0 aliphatic carbocycles. The van der Waals surface area contributed by atoms with Crippen LogP contribution in [0.15, 0.2) is 59.7 Å². The molecule has 27 heavy (non-hydrogen) atoms. The fourth-order valence-corrected chi connectivity index (χ4v) is 4.22. The van der Waals surface area contributed by atoms with Gasteiger partial charge in [-0.15, -0.1) is 0 Å². The highest BCUT2D eigenvalue weighted by molar-refractivity contribution is 6.30. The van der Waals surface area contributed by atoms with Gasteiger partial charge in [-0.2, -0.15) is 0 Å². The second-order valence-corrected chi connectivity index (χ2v) is 7.73. The summed E-state index contributed by atoms with van der Waals surface area (Å²) < 4.78 is 0. The number of nitrogens with zero attached hydrogens (tertiary/aromatic N) is 1. The van der Waals surface area contributed by atoms with E-state index in [2.05, 4.69) is 37.0 Å². The van der Waals surface area contributed by atoms with Gasteiger partial charge >= 0.3 is 0 Å². The maximum atomic E-state index is 13.0. The zero-order valence-corrected chi connectivity index (χ0v) is 16.6. The van der Waals surface area contributed by atoms with Gasteiger partial charge in [0.25, 0.3) is 0 Å². The van der Waals surface area contributed by atoms with Crippen LogP contribution in [0.5, 0.6) is 0 Å². The standard InChI is InChI=1S/C23H23ClN2O/c1-14-15(2)23(27)26(13-12-17-8-10-18(24)11-9-17)22(14)21-16(3)25-20-7-5-4-6-19(20)21/h4-11,22,25H,12-13H2,1-3H3. The molecule has 3 nitrogen and oxygen atoms in total. The van der Waals surface area contributed by atoms with E-state index < -0.39 is 0 Å². The number of benzene rings is 2. The molecule has 1 aromatic heterocycles. The molecule has 2 aromatic carbocycles. The molecular weight excluding hydrogens is 356 g/mol. The number of rotatable bonds is 4. The van der Waals surface area contributed by atoms with E-state index in [0.29, 0.717) is 6.54 Å². The van der Waals surface area contributed by atoms with Gasteiger partial charge in [0.2, 0.25) is 5.91 Å². The number of hydrogen-bond donors (Lipinski definition) is 1. The van der Waals surface area contributed by atoms with Gasteiger partial charge in [-0.1, -0.05) is 41.9 Å². The molecule has 4 heteroatoms. The Morgan fingerprint density at radius 3 is 2.48 bits per heavy atom. The smallest absolute Gasteiger partial charge is 0.250 e. The van der Waals surface area contributed by atoms with E-state index in [1.165, 1.54) is 16.5 Å². The largest absolute Gasteiger partial charge is 0.358 e. The molecule has 0 fully saturated rings. The number of aromatic amines is 1. The molecule has 138 valence electrons. The van der Waals surface area contributed by atoms with Gasteiger partial charge < -0.3 is 9.88 Å². The molecule has 1 amide bonds. The molecule has 1 atom stereocenters. The van der Waals surface area contributed by atoms with E-state index in [4.69, 9.17) is 11.6 Å². The van der Waals surface area contributed by atoms with Crippen LogP contribution in [0.4, 0.5) is 0 Å². The molecule has 1 N–H and O–H groups in total. The second-order valence-electron chi connectivity index (χ2n) is 7.29. The minimum atomic E-state index is -0.0130. The zero-order valence-electron chi connectivity index (χ0n) is 15.8. The third-order valence-electron chi connectivity index (χ3n) is 5.67. The highest BCUT2D eigenvalue weighted by atomic mass is 35.5. The van der Waals surface area contributed by atoms with Gasteiger partial charge in [0.15, 0.2) is 0 Å². The van der Waals surface area contributed by atoms with Crippen LogP contribution >= 0.6 is 11.6 Å². The van der Waals surface area contributed by atoms with Crippen molar-refractivity contribution >= 4 is 28.4 Å². The molecule has 0 spiro atoms. The summed E-state index contributed by atoms with van der Waals surface area (Å²) in [6.45, 7) is 6.80. The van der Waals surface area contributed by atoms with Crippen molar-refractivity contribution in [1.29, 1.82) is 0 Å². The average molecular weight is 379 g/mol. The molecule has 2 heterocycles. The number of fused-ring (bicyclic) bond motifs is 1. The number of hydrogen-bond acceptors (Lipinski definition) is 1. The summed E-state index contributed by atoms with van der Waals surface area (Å²) in [4.78, 5) is 18.5. The SMILES string of the molecule is CC1=C(C)C(c2c(C)[nH]c3ccccc23)N(CCc2ccc(Cl)cc2)C1=O. The lowest BCUT2D eigenvalue weighted by Crippen LogP contribution is -2.32. The Hall–Kier alpha value is -2.52. The van der Waals surface area contributed by atoms with Crippen molar-refractivity contribution < 1.29 is 4.79 Å². The number of halogens is 1. The molecule has 0 saturated heterocycles. The van der Waals surface area contributed by atoms with E-state index in [-0.39, 0.29) is 11.9 Å². The van der Waals surface area contributed by atoms with Crippen LogP contribution in [-0.2, 0) is 11.2 Å². The number of aromatic nitrogens is 1. The average Bonchev–Trinajstić information content (AvgIpc) is 3.09. The molecule has 3 aromatic rings. The van der Waals surface area contributed by atoms with Crippen molar-refractivity contribution in [3.8, 4) is 0 Å². The first-order valence-electron chi connectivity index (χ1n) is 9.27. The summed E-state index contributed by atoms with van der Waals surface area (Å²) in [6, 6.07) is 16.2. The third kappa shape index (κ3) is 3.06. The van der Waals surface area contributed by atoms with Gasteiger partial charge in [-0.05, 0) is 56.5 Å². The van der Waals surface area contributed by atoms with Crippen molar-refractivity contribution in [3.63, 3.8) is 0 Å². The quantitative estimate of drug-likeness (QED) is 0.630. The molecule has 1 aliphatic heterocycles. The first-order chi connectivity index (χ1) is 13.0. The Labute approximate surface area is 164 Å². The zero-order chi connectivity index (χ0) is 19.1. The summed E-state index contributed by atoms with van der Waals surface area (Å²) >= 11 is 5.99. The lowest BCUT2D eigenvalue weighted by atomic mass is 9.96. The number of nitrogens with one attached hydrogen (secondary N) is 1. The summed E-state index contributed by atoms with van der Waals surface area (Å²) in [7, 11) is 0. The van der Waals surface area contributed by atoms with Crippen LogP contribution < -0.4 is 0 Å².